The number of carbonyl (C=O) groups excluding carboxylic acids is 1. The van der Waals surface area contributed by atoms with Crippen LogP contribution < -0.4 is 4.72 Å². The van der Waals surface area contributed by atoms with E-state index in [0.717, 1.165) is 24.3 Å². The van der Waals surface area contributed by atoms with Gasteiger partial charge < -0.3 is 14.4 Å². The highest BCUT2D eigenvalue weighted by Gasteiger charge is 2.40. The lowest BCUT2D eigenvalue weighted by molar-refractivity contribution is -0.187. The maximum Gasteiger partial charge on any atom is 0.241 e. The van der Waals surface area contributed by atoms with Crippen molar-refractivity contribution in [3.05, 3.63) is 30.1 Å². The monoisotopic (exact) mass is 358 g/mol. The second-order valence-corrected chi connectivity index (χ2v) is 7.53. The Morgan fingerprint density at radius 1 is 1.17 bits per heavy atom. The number of amides is 1. The summed E-state index contributed by atoms with van der Waals surface area (Å²) in [6, 6.07) is 4.42. The third-order valence-electron chi connectivity index (χ3n) is 4.23. The fourth-order valence-electron chi connectivity index (χ4n) is 2.85. The molecule has 3 rings (SSSR count). The van der Waals surface area contributed by atoms with Gasteiger partial charge in [0.05, 0.1) is 24.7 Å². The van der Waals surface area contributed by atoms with Crippen molar-refractivity contribution < 1.29 is 27.1 Å². The molecule has 1 aromatic carbocycles. The summed E-state index contributed by atoms with van der Waals surface area (Å²) >= 11 is 0. The van der Waals surface area contributed by atoms with E-state index in [9.17, 15) is 17.6 Å². The second kappa shape index (κ2) is 6.75. The molecule has 2 heterocycles. The average molecular weight is 358 g/mol. The van der Waals surface area contributed by atoms with Crippen molar-refractivity contribution in [2.24, 2.45) is 0 Å². The van der Waals surface area contributed by atoms with Gasteiger partial charge in [-0.15, -0.1) is 0 Å². The molecule has 9 heteroatoms. The number of halogens is 1. The van der Waals surface area contributed by atoms with Gasteiger partial charge in [-0.05, 0) is 24.3 Å². The van der Waals surface area contributed by atoms with Gasteiger partial charge in [0.1, 0.15) is 5.82 Å². The molecule has 1 N–H and O–H groups in total. The lowest BCUT2D eigenvalue weighted by Gasteiger charge is -2.37. The van der Waals surface area contributed by atoms with Gasteiger partial charge in [0, 0.05) is 25.9 Å². The van der Waals surface area contributed by atoms with Crippen LogP contribution in [0.1, 0.15) is 12.8 Å². The highest BCUT2D eigenvalue weighted by molar-refractivity contribution is 7.89. The third kappa shape index (κ3) is 3.75. The predicted molar refractivity (Wildman–Crippen MR) is 82.0 cm³/mol. The van der Waals surface area contributed by atoms with Crippen molar-refractivity contribution in [3.63, 3.8) is 0 Å². The number of hydrogen-bond acceptors (Lipinski definition) is 5. The SMILES string of the molecule is O=C(CNS(=O)(=O)c1ccc(F)cc1)N1CCC2(CC1)OCCO2. The molecule has 2 fully saturated rings. The second-order valence-electron chi connectivity index (χ2n) is 5.77. The average Bonchev–Trinajstić information content (AvgIpc) is 3.02. The van der Waals surface area contributed by atoms with Crippen molar-refractivity contribution in [1.29, 1.82) is 0 Å². The molecule has 2 saturated heterocycles. The summed E-state index contributed by atoms with van der Waals surface area (Å²) in [5.41, 5.74) is 0. The van der Waals surface area contributed by atoms with Crippen molar-refractivity contribution >= 4 is 15.9 Å². The Morgan fingerprint density at radius 3 is 2.33 bits per heavy atom. The molecule has 1 amide bonds. The zero-order chi connectivity index (χ0) is 17.2. The van der Waals surface area contributed by atoms with E-state index in [1.54, 1.807) is 4.90 Å². The quantitative estimate of drug-likeness (QED) is 0.846. The predicted octanol–water partition coefficient (Wildman–Crippen LogP) is 0.470. The van der Waals surface area contributed by atoms with E-state index in [2.05, 4.69) is 4.72 Å². The normalized spacial score (nSPS) is 20.5. The first kappa shape index (κ1) is 17.3. The summed E-state index contributed by atoms with van der Waals surface area (Å²) in [5, 5.41) is 0. The molecule has 0 radical (unpaired) electrons. The van der Waals surface area contributed by atoms with Crippen LogP contribution in [0, 0.1) is 5.82 Å². The van der Waals surface area contributed by atoms with Gasteiger partial charge in [-0.25, -0.2) is 17.5 Å². The molecule has 0 atom stereocenters. The number of benzene rings is 1. The molecule has 2 aliphatic rings. The summed E-state index contributed by atoms with van der Waals surface area (Å²) < 4.78 is 50.5. The van der Waals surface area contributed by atoms with Gasteiger partial charge in [-0.3, -0.25) is 4.79 Å². The number of nitrogens with one attached hydrogen (secondary N) is 1. The van der Waals surface area contributed by atoms with Gasteiger partial charge in [-0.2, -0.15) is 0 Å². The number of sulfonamides is 1. The van der Waals surface area contributed by atoms with Crippen LogP contribution in [0.25, 0.3) is 0 Å². The lowest BCUT2D eigenvalue weighted by atomic mass is 10.0. The van der Waals surface area contributed by atoms with Gasteiger partial charge in [-0.1, -0.05) is 0 Å². The van der Waals surface area contributed by atoms with E-state index >= 15 is 0 Å². The molecule has 7 nitrogen and oxygen atoms in total. The van der Waals surface area contributed by atoms with Crippen molar-refractivity contribution in [2.45, 2.75) is 23.5 Å². The number of likely N-dealkylation sites (tertiary alicyclic amines) is 1. The number of nitrogens with zero attached hydrogens (tertiary/aromatic N) is 1. The van der Waals surface area contributed by atoms with Gasteiger partial charge in [0.25, 0.3) is 0 Å². The van der Waals surface area contributed by atoms with Crippen LogP contribution >= 0.6 is 0 Å². The number of piperidine rings is 1. The number of carbonyl (C=O) groups is 1. The molecule has 0 aliphatic carbocycles. The summed E-state index contributed by atoms with van der Waals surface area (Å²) in [5.74, 6) is -1.41. The fourth-order valence-corrected chi connectivity index (χ4v) is 3.82. The van der Waals surface area contributed by atoms with Crippen LogP contribution in [-0.4, -0.2) is 57.9 Å². The summed E-state index contributed by atoms with van der Waals surface area (Å²) in [6.45, 7) is 1.69. The van der Waals surface area contributed by atoms with E-state index in [1.807, 2.05) is 0 Å². The zero-order valence-electron chi connectivity index (χ0n) is 13.0. The largest absolute Gasteiger partial charge is 0.347 e. The highest BCUT2D eigenvalue weighted by Crippen LogP contribution is 2.31. The van der Waals surface area contributed by atoms with Gasteiger partial charge in [0.2, 0.25) is 15.9 Å². The minimum absolute atomic E-state index is 0.0814. The first-order valence-electron chi connectivity index (χ1n) is 7.71. The zero-order valence-corrected chi connectivity index (χ0v) is 13.9. The number of rotatable bonds is 4. The van der Waals surface area contributed by atoms with E-state index in [1.165, 1.54) is 0 Å². The van der Waals surface area contributed by atoms with Crippen LogP contribution in [0.3, 0.4) is 0 Å². The Kier molecular flexibility index (Phi) is 4.86. The Morgan fingerprint density at radius 2 is 1.75 bits per heavy atom. The molecule has 1 spiro atoms. The van der Waals surface area contributed by atoms with Crippen LogP contribution in [0.2, 0.25) is 0 Å². The van der Waals surface area contributed by atoms with E-state index < -0.39 is 21.6 Å². The van der Waals surface area contributed by atoms with E-state index in [0.29, 0.717) is 39.1 Å². The first-order chi connectivity index (χ1) is 11.4. The lowest BCUT2D eigenvalue weighted by Crippen LogP contribution is -2.49. The fraction of sp³-hybridized carbons (Fsp3) is 0.533. The third-order valence-corrected chi connectivity index (χ3v) is 5.65. The molecule has 0 aromatic heterocycles. The van der Waals surface area contributed by atoms with Crippen molar-refractivity contribution in [3.8, 4) is 0 Å². The Hall–Kier alpha value is -1.55. The standard InChI is InChI=1S/C15H19FN2O5S/c16-12-1-3-13(4-2-12)24(20,21)17-11-14(19)18-7-5-15(6-8-18)22-9-10-23-15/h1-4,17H,5-11H2. The van der Waals surface area contributed by atoms with E-state index in [4.69, 9.17) is 9.47 Å². The maximum atomic E-state index is 12.9. The summed E-state index contributed by atoms with van der Waals surface area (Å²) in [6.07, 6.45) is 1.15. The van der Waals surface area contributed by atoms with E-state index in [-0.39, 0.29) is 17.3 Å². The minimum Gasteiger partial charge on any atom is -0.347 e. The summed E-state index contributed by atoms with van der Waals surface area (Å²) in [7, 11) is -3.85. The maximum absolute atomic E-state index is 12.9. The Balaban J connectivity index is 1.53. The molecular weight excluding hydrogens is 339 g/mol. The van der Waals surface area contributed by atoms with Crippen molar-refractivity contribution in [2.75, 3.05) is 32.8 Å². The molecule has 132 valence electrons. The molecule has 0 bridgehead atoms. The van der Waals surface area contributed by atoms with Crippen LogP contribution in [-0.2, 0) is 24.3 Å². The Labute approximate surface area is 139 Å². The van der Waals surface area contributed by atoms with Gasteiger partial charge in [0.15, 0.2) is 5.79 Å². The minimum atomic E-state index is -3.85. The topological polar surface area (TPSA) is 84.9 Å². The van der Waals surface area contributed by atoms with Crippen LogP contribution in [0.15, 0.2) is 29.2 Å². The Bertz CT molecular complexity index is 691. The van der Waals surface area contributed by atoms with Gasteiger partial charge >= 0.3 is 0 Å². The molecular formula is C15H19FN2O5S. The highest BCUT2D eigenvalue weighted by atomic mass is 32.2. The van der Waals surface area contributed by atoms with Crippen molar-refractivity contribution in [1.82, 2.24) is 9.62 Å². The smallest absolute Gasteiger partial charge is 0.241 e. The first-order valence-corrected chi connectivity index (χ1v) is 9.20. The molecule has 24 heavy (non-hydrogen) atoms. The number of ether oxygens (including phenoxy) is 2. The number of hydrogen-bond donors (Lipinski definition) is 1. The molecule has 0 saturated carbocycles. The molecule has 0 unspecified atom stereocenters. The summed E-state index contributed by atoms with van der Waals surface area (Å²) in [4.78, 5) is 13.7. The molecule has 1 aromatic rings. The van der Waals surface area contributed by atoms with Crippen LogP contribution in [0.5, 0.6) is 0 Å². The molecule has 2 aliphatic heterocycles. The van der Waals surface area contributed by atoms with Crippen LogP contribution in [0.4, 0.5) is 4.39 Å².